The summed E-state index contributed by atoms with van der Waals surface area (Å²) < 4.78 is 4.72. The highest BCUT2D eigenvalue weighted by atomic mass is 16.6. The van der Waals surface area contributed by atoms with E-state index in [2.05, 4.69) is 5.32 Å². The van der Waals surface area contributed by atoms with E-state index in [9.17, 15) is 14.4 Å². The normalized spacial score (nSPS) is 13.5. The van der Waals surface area contributed by atoms with E-state index in [1.54, 1.807) is 24.3 Å². The van der Waals surface area contributed by atoms with E-state index in [1.807, 2.05) is 18.2 Å². The molecule has 2 aromatic rings. The van der Waals surface area contributed by atoms with Crippen LogP contribution in [0, 0.1) is 0 Å². The molecule has 2 aromatic carbocycles. The quantitative estimate of drug-likeness (QED) is 0.696. The van der Waals surface area contributed by atoms with Crippen LogP contribution in [-0.4, -0.2) is 24.4 Å². The van der Waals surface area contributed by atoms with Crippen LogP contribution in [0.2, 0.25) is 0 Å². The van der Waals surface area contributed by atoms with Gasteiger partial charge in [0.1, 0.15) is 0 Å². The zero-order valence-electron chi connectivity index (χ0n) is 11.9. The van der Waals surface area contributed by atoms with Gasteiger partial charge in [-0.1, -0.05) is 30.4 Å². The number of nitrogens with one attached hydrogen (secondary N) is 1. The molecule has 0 atom stereocenters. The van der Waals surface area contributed by atoms with Crippen LogP contribution in [0.15, 0.2) is 36.4 Å². The molecule has 0 spiro atoms. The van der Waals surface area contributed by atoms with Gasteiger partial charge in [-0.15, -0.1) is 0 Å². The standard InChI is InChI=1S/C17H13NO4/c1-10(19)18-9-3-4-11-7-8-14-15-12(11)5-2-6-13(15)16(20)22-17(14)21/h2-8H,9H2,1H3,(H,18,19). The zero-order chi connectivity index (χ0) is 15.7. The summed E-state index contributed by atoms with van der Waals surface area (Å²) in [5, 5.41) is 4.09. The number of amides is 1. The molecule has 22 heavy (non-hydrogen) atoms. The van der Waals surface area contributed by atoms with Gasteiger partial charge in [-0.3, -0.25) is 4.79 Å². The van der Waals surface area contributed by atoms with Crippen molar-refractivity contribution in [1.29, 1.82) is 0 Å². The van der Waals surface area contributed by atoms with Crippen molar-refractivity contribution in [3.05, 3.63) is 53.1 Å². The monoisotopic (exact) mass is 295 g/mol. The first-order valence-corrected chi connectivity index (χ1v) is 6.81. The number of esters is 2. The molecule has 110 valence electrons. The Balaban J connectivity index is 2.08. The first kappa shape index (κ1) is 14.0. The van der Waals surface area contributed by atoms with Gasteiger partial charge in [0.2, 0.25) is 5.91 Å². The van der Waals surface area contributed by atoms with Crippen molar-refractivity contribution in [1.82, 2.24) is 5.32 Å². The van der Waals surface area contributed by atoms with Gasteiger partial charge in [0, 0.05) is 18.9 Å². The van der Waals surface area contributed by atoms with E-state index in [0.29, 0.717) is 23.1 Å². The molecule has 5 nitrogen and oxygen atoms in total. The average Bonchev–Trinajstić information content (AvgIpc) is 2.49. The summed E-state index contributed by atoms with van der Waals surface area (Å²) in [5.41, 5.74) is 1.65. The first-order chi connectivity index (χ1) is 10.6. The molecule has 5 heteroatoms. The van der Waals surface area contributed by atoms with Crippen molar-refractivity contribution in [2.45, 2.75) is 6.92 Å². The summed E-state index contributed by atoms with van der Waals surface area (Å²) in [6.07, 6.45) is 3.66. The van der Waals surface area contributed by atoms with Crippen molar-refractivity contribution in [2.24, 2.45) is 0 Å². The van der Waals surface area contributed by atoms with Crippen LogP contribution in [0.4, 0.5) is 0 Å². The largest absolute Gasteiger partial charge is 0.386 e. The first-order valence-electron chi connectivity index (χ1n) is 6.81. The Morgan fingerprint density at radius 3 is 2.59 bits per heavy atom. The highest BCUT2D eigenvalue weighted by Crippen LogP contribution is 2.31. The molecular weight excluding hydrogens is 282 g/mol. The molecule has 1 aliphatic rings. The molecule has 0 aromatic heterocycles. The number of hydrogen-bond donors (Lipinski definition) is 1. The Hall–Kier alpha value is -2.95. The summed E-state index contributed by atoms with van der Waals surface area (Å²) in [6.45, 7) is 1.87. The van der Waals surface area contributed by atoms with Gasteiger partial charge in [-0.25, -0.2) is 9.59 Å². The minimum absolute atomic E-state index is 0.102. The van der Waals surface area contributed by atoms with E-state index >= 15 is 0 Å². The fraction of sp³-hybridized carbons (Fsp3) is 0.118. The predicted molar refractivity (Wildman–Crippen MR) is 81.4 cm³/mol. The van der Waals surface area contributed by atoms with Crippen LogP contribution < -0.4 is 5.32 Å². The van der Waals surface area contributed by atoms with E-state index < -0.39 is 11.9 Å². The van der Waals surface area contributed by atoms with E-state index in [4.69, 9.17) is 4.74 Å². The molecule has 0 radical (unpaired) electrons. The summed E-state index contributed by atoms with van der Waals surface area (Å²) >= 11 is 0. The van der Waals surface area contributed by atoms with Crippen LogP contribution >= 0.6 is 0 Å². The van der Waals surface area contributed by atoms with Crippen LogP contribution in [-0.2, 0) is 9.53 Å². The lowest BCUT2D eigenvalue weighted by Crippen LogP contribution is -2.19. The maximum Gasteiger partial charge on any atom is 0.346 e. The van der Waals surface area contributed by atoms with Crippen molar-refractivity contribution in [3.63, 3.8) is 0 Å². The number of rotatable bonds is 3. The van der Waals surface area contributed by atoms with Gasteiger partial charge >= 0.3 is 11.9 Å². The van der Waals surface area contributed by atoms with Crippen LogP contribution in [0.1, 0.15) is 33.2 Å². The minimum atomic E-state index is -0.623. The van der Waals surface area contributed by atoms with Gasteiger partial charge in [-0.05, 0) is 23.1 Å². The maximum absolute atomic E-state index is 11.8. The molecule has 0 bridgehead atoms. The van der Waals surface area contributed by atoms with Gasteiger partial charge < -0.3 is 10.1 Å². The molecule has 0 fully saturated rings. The molecule has 1 heterocycles. The van der Waals surface area contributed by atoms with Gasteiger partial charge in [0.25, 0.3) is 0 Å². The Kier molecular flexibility index (Phi) is 3.47. The molecular formula is C17H13NO4. The van der Waals surface area contributed by atoms with Crippen LogP contribution in [0.3, 0.4) is 0 Å². The molecule has 3 rings (SSSR count). The minimum Gasteiger partial charge on any atom is -0.386 e. The summed E-state index contributed by atoms with van der Waals surface area (Å²) in [7, 11) is 0. The second-order valence-corrected chi connectivity index (χ2v) is 4.95. The molecule has 0 unspecified atom stereocenters. The van der Waals surface area contributed by atoms with Gasteiger partial charge in [-0.2, -0.15) is 0 Å². The van der Waals surface area contributed by atoms with Crippen molar-refractivity contribution in [2.75, 3.05) is 6.54 Å². The topological polar surface area (TPSA) is 72.5 Å². The average molecular weight is 295 g/mol. The third-order valence-electron chi connectivity index (χ3n) is 3.47. The molecule has 1 N–H and O–H groups in total. The second kappa shape index (κ2) is 5.44. The Morgan fingerprint density at radius 2 is 1.86 bits per heavy atom. The van der Waals surface area contributed by atoms with Gasteiger partial charge in [0.15, 0.2) is 0 Å². The molecule has 0 aliphatic carbocycles. The highest BCUT2D eigenvalue weighted by molar-refractivity contribution is 6.21. The lowest BCUT2D eigenvalue weighted by Gasteiger charge is -2.16. The Labute approximate surface area is 126 Å². The third-order valence-corrected chi connectivity index (χ3v) is 3.47. The van der Waals surface area contributed by atoms with Crippen molar-refractivity contribution in [3.8, 4) is 0 Å². The van der Waals surface area contributed by atoms with Crippen molar-refractivity contribution >= 4 is 34.7 Å². The lowest BCUT2D eigenvalue weighted by atomic mass is 9.94. The number of carbonyl (C=O) groups excluding carboxylic acids is 3. The molecule has 0 saturated carbocycles. The lowest BCUT2D eigenvalue weighted by molar-refractivity contribution is -0.118. The maximum atomic E-state index is 11.8. The fourth-order valence-corrected chi connectivity index (χ4v) is 2.50. The number of benzene rings is 2. The Bertz CT molecular complexity index is 816. The summed E-state index contributed by atoms with van der Waals surface area (Å²) in [4.78, 5) is 34.5. The molecule has 1 amide bonds. The van der Waals surface area contributed by atoms with E-state index in [1.165, 1.54) is 6.92 Å². The highest BCUT2D eigenvalue weighted by Gasteiger charge is 2.27. The van der Waals surface area contributed by atoms with Crippen molar-refractivity contribution < 1.29 is 19.1 Å². The smallest absolute Gasteiger partial charge is 0.346 e. The number of hydrogen-bond acceptors (Lipinski definition) is 4. The zero-order valence-corrected chi connectivity index (χ0v) is 11.9. The number of ether oxygens (including phenoxy) is 1. The van der Waals surface area contributed by atoms with Crippen LogP contribution in [0.25, 0.3) is 16.8 Å². The molecule has 1 aliphatic heterocycles. The Morgan fingerprint density at radius 1 is 1.14 bits per heavy atom. The van der Waals surface area contributed by atoms with Gasteiger partial charge in [0.05, 0.1) is 11.1 Å². The number of cyclic esters (lactones) is 2. The fourth-order valence-electron chi connectivity index (χ4n) is 2.50. The molecule has 0 saturated heterocycles. The SMILES string of the molecule is CC(=O)NCC=Cc1ccc2c3c(cccc13)C(=O)OC2=O. The van der Waals surface area contributed by atoms with E-state index in [-0.39, 0.29) is 5.91 Å². The second-order valence-electron chi connectivity index (χ2n) is 4.95. The van der Waals surface area contributed by atoms with Crippen LogP contribution in [0.5, 0.6) is 0 Å². The summed E-state index contributed by atoms with van der Waals surface area (Å²) in [5.74, 6) is -1.35. The predicted octanol–water partition coefficient (Wildman–Crippen LogP) is 2.30. The number of carbonyl (C=O) groups is 3. The van der Waals surface area contributed by atoms with E-state index in [0.717, 1.165) is 10.9 Å². The third kappa shape index (κ3) is 2.37. The summed E-state index contributed by atoms with van der Waals surface area (Å²) in [6, 6.07) is 8.70.